The van der Waals surface area contributed by atoms with Gasteiger partial charge < -0.3 is 9.47 Å². The Balaban J connectivity index is 2.33. The average molecular weight is 266 g/mol. The molecule has 2 rings (SSSR count). The molecule has 0 bridgehead atoms. The highest BCUT2D eigenvalue weighted by atomic mass is 32.2. The average Bonchev–Trinajstić information content (AvgIpc) is 2.44. The lowest BCUT2D eigenvalue weighted by Gasteiger charge is -2.28. The monoisotopic (exact) mass is 266 g/mol. The van der Waals surface area contributed by atoms with E-state index in [1.807, 2.05) is 24.3 Å². The standard InChI is InChI=1S/C13H14O4S/c1-16-12(14)9-7-8-5-3-4-6-10(8)18-11(9)13(15)17-2/h3-6,9,11H,7H2,1-2H3/t9-,11-/m0/s1. The molecule has 0 fully saturated rings. The highest BCUT2D eigenvalue weighted by Gasteiger charge is 2.40. The number of esters is 2. The molecule has 0 N–H and O–H groups in total. The van der Waals surface area contributed by atoms with E-state index in [1.165, 1.54) is 26.0 Å². The van der Waals surface area contributed by atoms with Crippen molar-refractivity contribution in [1.29, 1.82) is 0 Å². The Bertz CT molecular complexity index is 429. The minimum Gasteiger partial charge on any atom is -0.469 e. The summed E-state index contributed by atoms with van der Waals surface area (Å²) >= 11 is 1.37. The topological polar surface area (TPSA) is 52.6 Å². The first-order chi connectivity index (χ1) is 8.67. The van der Waals surface area contributed by atoms with Crippen LogP contribution >= 0.6 is 11.8 Å². The predicted molar refractivity (Wildman–Crippen MR) is 67.3 cm³/mol. The van der Waals surface area contributed by atoms with Crippen LogP contribution in [0.3, 0.4) is 0 Å². The van der Waals surface area contributed by atoms with E-state index < -0.39 is 11.2 Å². The van der Waals surface area contributed by atoms with Crippen LogP contribution in [0, 0.1) is 5.92 Å². The Morgan fingerprint density at radius 2 is 1.83 bits per heavy atom. The summed E-state index contributed by atoms with van der Waals surface area (Å²) in [6, 6.07) is 7.75. The molecule has 0 saturated carbocycles. The van der Waals surface area contributed by atoms with Crippen LogP contribution in [0.4, 0.5) is 0 Å². The van der Waals surface area contributed by atoms with Crippen LogP contribution in [-0.2, 0) is 25.5 Å². The molecule has 1 aromatic carbocycles. The molecule has 1 aliphatic heterocycles. The first kappa shape index (κ1) is 13.0. The van der Waals surface area contributed by atoms with Crippen molar-refractivity contribution in [2.45, 2.75) is 16.6 Å². The van der Waals surface area contributed by atoms with Crippen molar-refractivity contribution in [3.63, 3.8) is 0 Å². The van der Waals surface area contributed by atoms with Gasteiger partial charge in [-0.3, -0.25) is 9.59 Å². The van der Waals surface area contributed by atoms with Gasteiger partial charge in [-0.15, -0.1) is 11.8 Å². The van der Waals surface area contributed by atoms with Gasteiger partial charge in [0.2, 0.25) is 0 Å². The van der Waals surface area contributed by atoms with E-state index in [1.54, 1.807) is 0 Å². The van der Waals surface area contributed by atoms with Crippen LogP contribution in [0.5, 0.6) is 0 Å². The van der Waals surface area contributed by atoms with Crippen LogP contribution < -0.4 is 0 Å². The lowest BCUT2D eigenvalue weighted by molar-refractivity contribution is -0.151. The molecule has 1 heterocycles. The number of benzene rings is 1. The van der Waals surface area contributed by atoms with E-state index in [0.717, 1.165) is 10.5 Å². The summed E-state index contributed by atoms with van der Waals surface area (Å²) < 4.78 is 9.53. The highest BCUT2D eigenvalue weighted by molar-refractivity contribution is 8.00. The van der Waals surface area contributed by atoms with Crippen molar-refractivity contribution in [2.24, 2.45) is 5.92 Å². The lowest BCUT2D eigenvalue weighted by atomic mass is 9.95. The number of fused-ring (bicyclic) bond motifs is 1. The fourth-order valence-corrected chi connectivity index (χ4v) is 3.33. The Labute approximate surface area is 110 Å². The van der Waals surface area contributed by atoms with Gasteiger partial charge in [0.25, 0.3) is 0 Å². The third-order valence-corrected chi connectivity index (χ3v) is 4.40. The number of thioether (sulfide) groups is 1. The predicted octanol–water partition coefficient (Wildman–Crippen LogP) is 1.67. The normalized spacial score (nSPS) is 21.9. The van der Waals surface area contributed by atoms with Crippen LogP contribution in [0.2, 0.25) is 0 Å². The number of methoxy groups -OCH3 is 2. The van der Waals surface area contributed by atoms with E-state index in [2.05, 4.69) is 0 Å². The Morgan fingerprint density at radius 3 is 2.50 bits per heavy atom. The molecule has 96 valence electrons. The third-order valence-electron chi connectivity index (χ3n) is 2.97. The largest absolute Gasteiger partial charge is 0.469 e. The smallest absolute Gasteiger partial charge is 0.320 e. The third kappa shape index (κ3) is 2.36. The minimum absolute atomic E-state index is 0.368. The molecule has 0 aromatic heterocycles. The summed E-state index contributed by atoms with van der Waals surface area (Å²) in [7, 11) is 2.67. The maximum absolute atomic E-state index is 11.8. The molecule has 18 heavy (non-hydrogen) atoms. The zero-order valence-corrected chi connectivity index (χ0v) is 11.0. The fourth-order valence-electron chi connectivity index (χ4n) is 2.04. The number of carbonyl (C=O) groups is 2. The van der Waals surface area contributed by atoms with Gasteiger partial charge in [0, 0.05) is 4.90 Å². The summed E-state index contributed by atoms with van der Waals surface area (Å²) in [6.45, 7) is 0. The van der Waals surface area contributed by atoms with Gasteiger partial charge in [0.1, 0.15) is 5.25 Å². The molecule has 0 radical (unpaired) electrons. The molecule has 2 atom stereocenters. The second-order valence-corrected chi connectivity index (χ2v) is 5.19. The zero-order chi connectivity index (χ0) is 13.1. The molecule has 0 spiro atoms. The van der Waals surface area contributed by atoms with Crippen molar-refractivity contribution in [1.82, 2.24) is 0 Å². The molecule has 5 heteroatoms. The molecule has 0 aliphatic carbocycles. The van der Waals surface area contributed by atoms with Crippen LogP contribution in [0.25, 0.3) is 0 Å². The van der Waals surface area contributed by atoms with Gasteiger partial charge in [0.05, 0.1) is 20.1 Å². The molecule has 0 amide bonds. The number of hydrogen-bond acceptors (Lipinski definition) is 5. The highest BCUT2D eigenvalue weighted by Crippen LogP contribution is 2.39. The van der Waals surface area contributed by atoms with Crippen LogP contribution in [0.15, 0.2) is 29.2 Å². The lowest BCUT2D eigenvalue weighted by Crippen LogP contribution is -2.38. The summed E-state index contributed by atoms with van der Waals surface area (Å²) in [5, 5.41) is -0.530. The fraction of sp³-hybridized carbons (Fsp3) is 0.385. The van der Waals surface area contributed by atoms with Gasteiger partial charge in [-0.2, -0.15) is 0 Å². The van der Waals surface area contributed by atoms with Gasteiger partial charge >= 0.3 is 11.9 Å². The van der Waals surface area contributed by atoms with Gasteiger partial charge in [-0.1, -0.05) is 18.2 Å². The van der Waals surface area contributed by atoms with Crippen molar-refractivity contribution >= 4 is 23.7 Å². The number of ether oxygens (including phenoxy) is 2. The van der Waals surface area contributed by atoms with E-state index >= 15 is 0 Å². The quantitative estimate of drug-likeness (QED) is 0.762. The molecule has 1 aliphatic rings. The zero-order valence-electron chi connectivity index (χ0n) is 10.2. The molecular weight excluding hydrogens is 252 g/mol. The van der Waals surface area contributed by atoms with Crippen LogP contribution in [-0.4, -0.2) is 31.4 Å². The van der Waals surface area contributed by atoms with E-state index in [-0.39, 0.29) is 11.9 Å². The number of carbonyl (C=O) groups excluding carboxylic acids is 2. The van der Waals surface area contributed by atoms with Gasteiger partial charge in [-0.25, -0.2) is 0 Å². The summed E-state index contributed by atoms with van der Waals surface area (Å²) in [5.41, 5.74) is 1.07. The summed E-state index contributed by atoms with van der Waals surface area (Å²) in [5.74, 6) is -1.24. The molecule has 0 unspecified atom stereocenters. The van der Waals surface area contributed by atoms with E-state index in [4.69, 9.17) is 9.47 Å². The van der Waals surface area contributed by atoms with Crippen molar-refractivity contribution in [3.8, 4) is 0 Å². The molecular formula is C13H14O4S. The SMILES string of the molecule is COC(=O)[C@H]1Cc2ccccc2S[C@@H]1C(=O)OC. The van der Waals surface area contributed by atoms with E-state index in [0.29, 0.717) is 6.42 Å². The molecule has 0 saturated heterocycles. The maximum atomic E-state index is 11.8. The molecule has 1 aromatic rings. The first-order valence-electron chi connectivity index (χ1n) is 5.57. The van der Waals surface area contributed by atoms with E-state index in [9.17, 15) is 9.59 Å². The van der Waals surface area contributed by atoms with Gasteiger partial charge in [-0.05, 0) is 18.1 Å². The first-order valence-corrected chi connectivity index (χ1v) is 6.45. The van der Waals surface area contributed by atoms with Gasteiger partial charge in [0.15, 0.2) is 0 Å². The summed E-state index contributed by atoms with van der Waals surface area (Å²) in [6.07, 6.45) is 0.510. The Hall–Kier alpha value is -1.49. The number of hydrogen-bond donors (Lipinski definition) is 0. The Morgan fingerprint density at radius 1 is 1.17 bits per heavy atom. The van der Waals surface area contributed by atoms with Crippen LogP contribution in [0.1, 0.15) is 5.56 Å². The second-order valence-electron chi connectivity index (χ2n) is 4.00. The maximum Gasteiger partial charge on any atom is 0.320 e. The molecule has 4 nitrogen and oxygen atoms in total. The minimum atomic E-state index is -0.530. The summed E-state index contributed by atoms with van der Waals surface area (Å²) in [4.78, 5) is 24.5. The van der Waals surface area contributed by atoms with Crippen molar-refractivity contribution in [2.75, 3.05) is 14.2 Å². The second kappa shape index (κ2) is 5.44. The Kier molecular flexibility index (Phi) is 3.91. The van der Waals surface area contributed by atoms with Crippen molar-refractivity contribution in [3.05, 3.63) is 29.8 Å². The number of rotatable bonds is 2. The van der Waals surface area contributed by atoms with Crippen molar-refractivity contribution < 1.29 is 19.1 Å².